The second kappa shape index (κ2) is 12.4. The van der Waals surface area contributed by atoms with E-state index in [1.54, 1.807) is 0 Å². The minimum absolute atomic E-state index is 0. The fourth-order valence-corrected chi connectivity index (χ4v) is 2.31. The molecule has 0 atom stereocenters. The highest BCUT2D eigenvalue weighted by Crippen LogP contribution is 2.37. The molecule has 0 aliphatic heterocycles. The van der Waals surface area contributed by atoms with Gasteiger partial charge in [0, 0.05) is 13.8 Å². The summed E-state index contributed by atoms with van der Waals surface area (Å²) < 4.78 is 60.1. The number of thiol groups is 1. The summed E-state index contributed by atoms with van der Waals surface area (Å²) >= 11 is 4.19. The van der Waals surface area contributed by atoms with E-state index in [4.69, 9.17) is 10.5 Å². The maximum Gasteiger partial charge on any atom is 0.193 e. The van der Waals surface area contributed by atoms with Gasteiger partial charge in [0.25, 0.3) is 0 Å². The molecule has 0 amide bonds. The molecule has 0 spiro atoms. The van der Waals surface area contributed by atoms with E-state index in [-0.39, 0.29) is 42.6 Å². The van der Waals surface area contributed by atoms with Crippen molar-refractivity contribution in [2.75, 3.05) is 11.9 Å². The molecule has 0 heterocycles. The number of halogens is 4. The Bertz CT molecular complexity index is 1030. The minimum atomic E-state index is -1.03. The van der Waals surface area contributed by atoms with Crippen LogP contribution in [0.1, 0.15) is 2.85 Å². The van der Waals surface area contributed by atoms with Gasteiger partial charge in [-0.15, -0.1) is 12.6 Å². The number of ether oxygens (including phenoxy) is 1. The Hall–Kier alpha value is -3.35. The molecule has 0 fully saturated rings. The van der Waals surface area contributed by atoms with Gasteiger partial charge < -0.3 is 26.7 Å². The van der Waals surface area contributed by atoms with Crippen LogP contribution in [-0.2, 0) is 0 Å². The first-order chi connectivity index (χ1) is 13.8. The molecular formula is C19H24F4N4O3S. The molecule has 0 bridgehead atoms. The first-order valence-electron chi connectivity index (χ1n) is 7.96. The Morgan fingerprint density at radius 1 is 1.19 bits per heavy atom. The molecule has 12 heteroatoms. The molecule has 0 aromatic heterocycles. The van der Waals surface area contributed by atoms with Crippen LogP contribution in [0.15, 0.2) is 69.4 Å². The second-order valence-electron chi connectivity index (χ2n) is 5.43. The largest absolute Gasteiger partial charge is 0.449 e. The van der Waals surface area contributed by atoms with E-state index in [9.17, 15) is 17.6 Å². The van der Waals surface area contributed by atoms with Crippen molar-refractivity contribution in [1.29, 1.82) is 0 Å². The predicted octanol–water partition coefficient (Wildman–Crippen LogP) is 3.82. The van der Waals surface area contributed by atoms with Gasteiger partial charge in [-0.25, -0.2) is 22.6 Å². The van der Waals surface area contributed by atoms with Crippen LogP contribution >= 0.6 is 12.6 Å². The quantitative estimate of drug-likeness (QED) is 0.189. The van der Waals surface area contributed by atoms with Crippen molar-refractivity contribution in [1.82, 2.24) is 0 Å². The molecule has 0 radical (unpaired) electrons. The molecule has 0 aliphatic rings. The lowest BCUT2D eigenvalue weighted by Crippen LogP contribution is -2.24. The van der Waals surface area contributed by atoms with Crippen molar-refractivity contribution in [2.45, 2.75) is 4.90 Å². The highest BCUT2D eigenvalue weighted by molar-refractivity contribution is 7.80. The zero-order chi connectivity index (χ0) is 21.6. The topological polar surface area (TPSA) is 135 Å². The summed E-state index contributed by atoms with van der Waals surface area (Å²) in [6, 6.07) is 4.88. The normalized spacial score (nSPS) is 11.5. The average Bonchev–Trinajstić information content (AvgIpc) is 2.69. The zero-order valence-electron chi connectivity index (χ0n) is 15.9. The van der Waals surface area contributed by atoms with Gasteiger partial charge >= 0.3 is 0 Å². The lowest BCUT2D eigenvalue weighted by molar-refractivity contribution is 0.413. The molecule has 31 heavy (non-hydrogen) atoms. The van der Waals surface area contributed by atoms with Crippen molar-refractivity contribution < 1.29 is 36.1 Å². The van der Waals surface area contributed by atoms with Crippen LogP contribution in [0.5, 0.6) is 11.5 Å². The van der Waals surface area contributed by atoms with Gasteiger partial charge in [0.1, 0.15) is 17.3 Å². The summed E-state index contributed by atoms with van der Waals surface area (Å²) in [6.07, 6.45) is 0.935. The number of hydrogen-bond donors (Lipinski definition) is 3. The Kier molecular flexibility index (Phi) is 11.0. The third-order valence-corrected chi connectivity index (χ3v) is 3.86. The summed E-state index contributed by atoms with van der Waals surface area (Å²) in [6.45, 7) is 6.22. The van der Waals surface area contributed by atoms with Crippen molar-refractivity contribution in [2.24, 2.45) is 15.7 Å². The summed E-state index contributed by atoms with van der Waals surface area (Å²) in [5.41, 5.74) is 5.57. The fourth-order valence-electron chi connectivity index (χ4n) is 2.08. The van der Waals surface area contributed by atoms with Gasteiger partial charge in [0.05, 0.1) is 12.2 Å². The van der Waals surface area contributed by atoms with E-state index in [0.29, 0.717) is 6.07 Å². The van der Waals surface area contributed by atoms with Gasteiger partial charge in [-0.05, 0) is 37.1 Å². The Labute approximate surface area is 183 Å². The number of benzene rings is 2. The first kappa shape index (κ1) is 27.7. The molecule has 2 aromatic rings. The molecule has 7 N–H and O–H groups in total. The molecule has 2 aromatic carbocycles. The number of nitrogens with two attached hydrogens (primary N) is 1. The zero-order valence-corrected chi connectivity index (χ0v) is 16.8. The molecular weight excluding hydrogens is 440 g/mol. The summed E-state index contributed by atoms with van der Waals surface area (Å²) in [5.74, 6) is -4.57. The van der Waals surface area contributed by atoms with Crippen LogP contribution < -0.4 is 15.8 Å². The number of allylic oxidation sites excluding steroid dienone is 2. The molecule has 0 unspecified atom stereocenters. The van der Waals surface area contributed by atoms with E-state index < -0.39 is 34.8 Å². The Morgan fingerprint density at radius 2 is 1.87 bits per heavy atom. The number of anilines is 1. The van der Waals surface area contributed by atoms with E-state index in [1.807, 2.05) is 0 Å². The van der Waals surface area contributed by atoms with Gasteiger partial charge in [0.2, 0.25) is 0 Å². The molecule has 0 aliphatic carbocycles. The molecule has 172 valence electrons. The van der Waals surface area contributed by atoms with Crippen LogP contribution in [0.2, 0.25) is 0 Å². The molecule has 2 rings (SSSR count). The van der Waals surface area contributed by atoms with Gasteiger partial charge in [-0.2, -0.15) is 0 Å². The van der Waals surface area contributed by atoms with Crippen molar-refractivity contribution >= 4 is 31.0 Å². The molecule has 7 nitrogen and oxygen atoms in total. The second-order valence-corrected chi connectivity index (χ2v) is 5.91. The van der Waals surface area contributed by atoms with Crippen LogP contribution in [0.3, 0.4) is 0 Å². The SMILES string of the molecule is C=C/C(F)=C(/CN=C(N)Nc1c(S)ccc(F)c1Oc1ccc(F)cc1F)N=C.O.O.[HH].[HH]. The van der Waals surface area contributed by atoms with Crippen molar-refractivity contribution in [3.8, 4) is 11.5 Å². The third kappa shape index (κ3) is 7.13. The maximum atomic E-state index is 14.3. The lowest BCUT2D eigenvalue weighted by atomic mass is 10.2. The highest BCUT2D eigenvalue weighted by Gasteiger charge is 2.17. The maximum absolute atomic E-state index is 14.3. The highest BCUT2D eigenvalue weighted by atomic mass is 32.1. The van der Waals surface area contributed by atoms with Crippen LogP contribution in [0, 0.1) is 17.5 Å². The lowest BCUT2D eigenvalue weighted by Gasteiger charge is -2.16. The molecule has 0 saturated heterocycles. The number of aliphatic imine (C=N–C) groups is 2. The Morgan fingerprint density at radius 3 is 2.45 bits per heavy atom. The minimum Gasteiger partial charge on any atom is -0.449 e. The summed E-state index contributed by atoms with van der Waals surface area (Å²) in [4.78, 5) is 7.55. The molecule has 0 saturated carbocycles. The van der Waals surface area contributed by atoms with E-state index in [0.717, 1.165) is 24.3 Å². The van der Waals surface area contributed by atoms with Crippen LogP contribution in [-0.4, -0.2) is 30.2 Å². The summed E-state index contributed by atoms with van der Waals surface area (Å²) in [7, 11) is 0. The van der Waals surface area contributed by atoms with Gasteiger partial charge in [-0.1, -0.05) is 6.58 Å². The van der Waals surface area contributed by atoms with Gasteiger partial charge in [-0.3, -0.25) is 4.99 Å². The van der Waals surface area contributed by atoms with Crippen LogP contribution in [0.25, 0.3) is 0 Å². The third-order valence-electron chi connectivity index (χ3n) is 3.49. The first-order valence-corrected chi connectivity index (χ1v) is 8.40. The predicted molar refractivity (Wildman–Crippen MR) is 120 cm³/mol. The van der Waals surface area contributed by atoms with Crippen LogP contribution in [0.4, 0.5) is 23.2 Å². The Balaban J connectivity index is -0.00000225. The van der Waals surface area contributed by atoms with Crippen molar-refractivity contribution in [3.05, 3.63) is 72.0 Å². The number of nitrogens with one attached hydrogen (secondary N) is 1. The average molecular weight is 464 g/mol. The van der Waals surface area contributed by atoms with E-state index in [1.165, 1.54) is 6.07 Å². The number of hydrogen-bond acceptors (Lipinski definition) is 4. The standard InChI is InChI=1S/C19H16F4N4OS.2H2O.2H2/c1-3-11(21)14(25-2)9-26-19(24)27-17-16(29)7-5-12(22)18(17)28-15-6-4-10(20)8-13(15)23;;;;/h3-8,29H,1-2,9H2,(H3,24,26,27);2*1H2;2*1H/b14-11+;;;;. The fraction of sp³-hybridized carbons (Fsp3) is 0.0526. The van der Waals surface area contributed by atoms with E-state index in [2.05, 4.69) is 41.2 Å². The monoisotopic (exact) mass is 464 g/mol. The van der Waals surface area contributed by atoms with Gasteiger partial charge in [0.15, 0.2) is 29.1 Å². The van der Waals surface area contributed by atoms with Crippen molar-refractivity contribution in [3.63, 3.8) is 0 Å². The smallest absolute Gasteiger partial charge is 0.193 e. The van der Waals surface area contributed by atoms with E-state index >= 15 is 0 Å². The number of nitrogens with zero attached hydrogens (tertiary/aromatic N) is 2. The summed E-state index contributed by atoms with van der Waals surface area (Å²) in [5, 5.41) is 2.56. The number of guanidine groups is 1. The number of rotatable bonds is 7.